The standard InChI is InChI=1S/C14H20N2OS/c1-10-5-3-4-6-12(10)7-11(2)16-14(17)13-8-18-9-15-13/h3-6,11,13,15H,7-9H2,1-2H3,(H,16,17). The van der Waals surface area contributed by atoms with Gasteiger partial charge in [0, 0.05) is 17.7 Å². The average molecular weight is 264 g/mol. The van der Waals surface area contributed by atoms with Crippen LogP contribution in [0.2, 0.25) is 0 Å². The minimum absolute atomic E-state index is 0.0191. The van der Waals surface area contributed by atoms with Crippen LogP contribution in [0.4, 0.5) is 0 Å². The monoisotopic (exact) mass is 264 g/mol. The zero-order valence-corrected chi connectivity index (χ0v) is 11.7. The molecule has 1 heterocycles. The summed E-state index contributed by atoms with van der Waals surface area (Å²) in [5.41, 5.74) is 2.59. The van der Waals surface area contributed by atoms with Crippen molar-refractivity contribution >= 4 is 17.7 Å². The van der Waals surface area contributed by atoms with Crippen molar-refractivity contribution in [2.75, 3.05) is 11.6 Å². The summed E-state index contributed by atoms with van der Waals surface area (Å²) in [6, 6.07) is 8.48. The molecule has 2 unspecified atom stereocenters. The number of hydrogen-bond donors (Lipinski definition) is 2. The lowest BCUT2D eigenvalue weighted by Crippen LogP contribution is -2.46. The lowest BCUT2D eigenvalue weighted by Gasteiger charge is -2.17. The second-order valence-corrected chi connectivity index (χ2v) is 5.84. The van der Waals surface area contributed by atoms with E-state index in [0.717, 1.165) is 18.1 Å². The topological polar surface area (TPSA) is 41.1 Å². The van der Waals surface area contributed by atoms with E-state index in [4.69, 9.17) is 0 Å². The first-order chi connectivity index (χ1) is 8.66. The highest BCUT2D eigenvalue weighted by atomic mass is 32.2. The minimum Gasteiger partial charge on any atom is -0.352 e. The summed E-state index contributed by atoms with van der Waals surface area (Å²) in [5.74, 6) is 1.88. The third kappa shape index (κ3) is 3.50. The van der Waals surface area contributed by atoms with Gasteiger partial charge in [-0.3, -0.25) is 10.1 Å². The van der Waals surface area contributed by atoms with Gasteiger partial charge in [0.25, 0.3) is 0 Å². The van der Waals surface area contributed by atoms with Crippen LogP contribution in [0, 0.1) is 6.92 Å². The first kappa shape index (κ1) is 13.4. The highest BCUT2D eigenvalue weighted by Crippen LogP contribution is 2.12. The molecule has 0 saturated carbocycles. The van der Waals surface area contributed by atoms with Crippen molar-refractivity contribution in [3.05, 3.63) is 35.4 Å². The van der Waals surface area contributed by atoms with E-state index in [2.05, 4.69) is 36.6 Å². The first-order valence-corrected chi connectivity index (χ1v) is 7.48. The van der Waals surface area contributed by atoms with Gasteiger partial charge in [0.15, 0.2) is 0 Å². The molecule has 0 aromatic heterocycles. The largest absolute Gasteiger partial charge is 0.352 e. The Morgan fingerprint density at radius 2 is 2.33 bits per heavy atom. The van der Waals surface area contributed by atoms with Gasteiger partial charge >= 0.3 is 0 Å². The van der Waals surface area contributed by atoms with E-state index >= 15 is 0 Å². The fourth-order valence-corrected chi connectivity index (χ4v) is 3.07. The van der Waals surface area contributed by atoms with Gasteiger partial charge in [-0.1, -0.05) is 24.3 Å². The van der Waals surface area contributed by atoms with Crippen molar-refractivity contribution < 1.29 is 4.79 Å². The molecule has 0 radical (unpaired) electrons. The van der Waals surface area contributed by atoms with Crippen LogP contribution in [0.3, 0.4) is 0 Å². The maximum atomic E-state index is 11.9. The number of rotatable bonds is 4. The number of carbonyl (C=O) groups excluding carboxylic acids is 1. The number of benzene rings is 1. The Balaban J connectivity index is 1.86. The summed E-state index contributed by atoms with van der Waals surface area (Å²) in [4.78, 5) is 11.9. The van der Waals surface area contributed by atoms with Crippen molar-refractivity contribution in [2.45, 2.75) is 32.4 Å². The summed E-state index contributed by atoms with van der Waals surface area (Å²) >= 11 is 1.77. The quantitative estimate of drug-likeness (QED) is 0.870. The van der Waals surface area contributed by atoms with Crippen molar-refractivity contribution in [2.24, 2.45) is 0 Å². The van der Waals surface area contributed by atoms with Crippen LogP contribution in [-0.2, 0) is 11.2 Å². The number of nitrogens with one attached hydrogen (secondary N) is 2. The predicted molar refractivity (Wildman–Crippen MR) is 76.7 cm³/mol. The van der Waals surface area contributed by atoms with Crippen LogP contribution in [0.5, 0.6) is 0 Å². The smallest absolute Gasteiger partial charge is 0.238 e. The molecule has 1 aromatic carbocycles. The molecule has 1 aliphatic heterocycles. The second-order valence-electron chi connectivity index (χ2n) is 4.81. The SMILES string of the molecule is Cc1ccccc1CC(C)NC(=O)C1CSCN1. The van der Waals surface area contributed by atoms with Crippen molar-refractivity contribution in [3.8, 4) is 0 Å². The molecule has 3 nitrogen and oxygen atoms in total. The highest BCUT2D eigenvalue weighted by Gasteiger charge is 2.23. The Morgan fingerprint density at radius 3 is 3.00 bits per heavy atom. The van der Waals surface area contributed by atoms with Gasteiger partial charge in [0.1, 0.15) is 0 Å². The van der Waals surface area contributed by atoms with Gasteiger partial charge < -0.3 is 5.32 Å². The van der Waals surface area contributed by atoms with Crippen LogP contribution in [0.1, 0.15) is 18.1 Å². The van der Waals surface area contributed by atoms with Crippen LogP contribution in [0.15, 0.2) is 24.3 Å². The van der Waals surface area contributed by atoms with Gasteiger partial charge in [-0.2, -0.15) is 0 Å². The average Bonchev–Trinajstić information content (AvgIpc) is 2.85. The molecule has 2 atom stereocenters. The Morgan fingerprint density at radius 1 is 1.56 bits per heavy atom. The molecule has 98 valence electrons. The molecule has 0 aliphatic carbocycles. The van der Waals surface area contributed by atoms with Gasteiger partial charge in [-0.15, -0.1) is 11.8 Å². The summed E-state index contributed by atoms with van der Waals surface area (Å²) in [6.07, 6.45) is 0.887. The summed E-state index contributed by atoms with van der Waals surface area (Å²) in [6.45, 7) is 4.17. The molecule has 0 bridgehead atoms. The molecule has 18 heavy (non-hydrogen) atoms. The molecular formula is C14H20N2OS. The molecule has 2 rings (SSSR count). The van der Waals surface area contributed by atoms with Crippen LogP contribution in [0.25, 0.3) is 0 Å². The molecule has 0 spiro atoms. The highest BCUT2D eigenvalue weighted by molar-refractivity contribution is 7.99. The van der Waals surface area contributed by atoms with Crippen molar-refractivity contribution in [1.82, 2.24) is 10.6 Å². The molecule has 1 aromatic rings. The number of thioether (sulfide) groups is 1. The summed E-state index contributed by atoms with van der Waals surface area (Å²) in [5, 5.41) is 6.27. The predicted octanol–water partition coefficient (Wildman–Crippen LogP) is 1.70. The second kappa shape index (κ2) is 6.25. The van der Waals surface area contributed by atoms with Gasteiger partial charge in [-0.25, -0.2) is 0 Å². The van der Waals surface area contributed by atoms with E-state index in [1.165, 1.54) is 11.1 Å². The third-order valence-corrected chi connectivity index (χ3v) is 4.15. The number of amides is 1. The van der Waals surface area contributed by atoms with Gasteiger partial charge in [0.05, 0.1) is 6.04 Å². The number of carbonyl (C=O) groups is 1. The summed E-state index contributed by atoms with van der Waals surface area (Å²) in [7, 11) is 0. The van der Waals surface area contributed by atoms with E-state index in [0.29, 0.717) is 0 Å². The Hall–Kier alpha value is -1.000. The molecule has 1 saturated heterocycles. The Kier molecular flexibility index (Phi) is 4.66. The first-order valence-electron chi connectivity index (χ1n) is 6.33. The van der Waals surface area contributed by atoms with E-state index in [9.17, 15) is 4.79 Å². The van der Waals surface area contributed by atoms with Crippen LogP contribution >= 0.6 is 11.8 Å². The van der Waals surface area contributed by atoms with Crippen LogP contribution in [-0.4, -0.2) is 29.6 Å². The van der Waals surface area contributed by atoms with E-state index in [1.54, 1.807) is 11.8 Å². The molecule has 1 fully saturated rings. The lowest BCUT2D eigenvalue weighted by atomic mass is 10.0. The maximum absolute atomic E-state index is 11.9. The van der Waals surface area contributed by atoms with Crippen molar-refractivity contribution in [1.29, 1.82) is 0 Å². The molecular weight excluding hydrogens is 244 g/mol. The van der Waals surface area contributed by atoms with Crippen molar-refractivity contribution in [3.63, 3.8) is 0 Å². The van der Waals surface area contributed by atoms with Crippen LogP contribution < -0.4 is 10.6 Å². The molecule has 4 heteroatoms. The fraction of sp³-hybridized carbons (Fsp3) is 0.500. The van der Waals surface area contributed by atoms with E-state index in [-0.39, 0.29) is 18.0 Å². The molecule has 1 amide bonds. The van der Waals surface area contributed by atoms with E-state index in [1.807, 2.05) is 12.1 Å². The lowest BCUT2D eigenvalue weighted by molar-refractivity contribution is -0.123. The van der Waals surface area contributed by atoms with Gasteiger partial charge in [0.2, 0.25) is 5.91 Å². The molecule has 2 N–H and O–H groups in total. The zero-order chi connectivity index (χ0) is 13.0. The fourth-order valence-electron chi connectivity index (χ4n) is 2.13. The summed E-state index contributed by atoms with van der Waals surface area (Å²) < 4.78 is 0. The number of hydrogen-bond acceptors (Lipinski definition) is 3. The normalized spacial score (nSPS) is 20.7. The Labute approximate surface area is 113 Å². The zero-order valence-electron chi connectivity index (χ0n) is 10.9. The van der Waals surface area contributed by atoms with E-state index < -0.39 is 0 Å². The Bertz CT molecular complexity index is 416. The molecule has 1 aliphatic rings. The maximum Gasteiger partial charge on any atom is 0.238 e. The third-order valence-electron chi connectivity index (χ3n) is 3.21. The van der Waals surface area contributed by atoms with Gasteiger partial charge in [-0.05, 0) is 31.4 Å². The number of aryl methyl sites for hydroxylation is 1. The minimum atomic E-state index is -0.0191.